The smallest absolute Gasteiger partial charge is 0.253 e. The third-order valence-electron chi connectivity index (χ3n) is 5.36. The molecule has 0 bridgehead atoms. The van der Waals surface area contributed by atoms with Crippen LogP contribution in [0.3, 0.4) is 0 Å². The van der Waals surface area contributed by atoms with E-state index in [-0.39, 0.29) is 17.5 Å². The number of ether oxygens (including phenoxy) is 1. The van der Waals surface area contributed by atoms with Gasteiger partial charge in [-0.2, -0.15) is 0 Å². The minimum Gasteiger partial charge on any atom is -0.491 e. The van der Waals surface area contributed by atoms with Crippen LogP contribution in [0.4, 0.5) is 4.39 Å². The van der Waals surface area contributed by atoms with Crippen LogP contribution in [0.2, 0.25) is 5.02 Å². The van der Waals surface area contributed by atoms with E-state index in [0.717, 1.165) is 11.3 Å². The van der Waals surface area contributed by atoms with Crippen molar-refractivity contribution in [2.45, 2.75) is 38.7 Å². The van der Waals surface area contributed by atoms with Crippen LogP contribution in [0.1, 0.15) is 40.7 Å². The SMILES string of the molecule is Cc1ccc(OCC2(O)CCCN(C(=O)c3ccc(F)c(Cl)c3)CC2)cc1C. The van der Waals surface area contributed by atoms with E-state index in [1.807, 2.05) is 32.0 Å². The van der Waals surface area contributed by atoms with Gasteiger partial charge in [0, 0.05) is 18.7 Å². The van der Waals surface area contributed by atoms with Gasteiger partial charge in [0.1, 0.15) is 23.8 Å². The van der Waals surface area contributed by atoms with Gasteiger partial charge in [0.15, 0.2) is 0 Å². The summed E-state index contributed by atoms with van der Waals surface area (Å²) < 4.78 is 19.2. The second kappa shape index (κ2) is 8.50. The van der Waals surface area contributed by atoms with E-state index in [0.29, 0.717) is 37.9 Å². The first-order chi connectivity index (χ1) is 13.3. The molecule has 1 fully saturated rings. The zero-order valence-corrected chi connectivity index (χ0v) is 16.9. The Labute approximate surface area is 169 Å². The van der Waals surface area contributed by atoms with Gasteiger partial charge in [-0.05, 0) is 74.6 Å². The first-order valence-corrected chi connectivity index (χ1v) is 9.82. The largest absolute Gasteiger partial charge is 0.491 e. The van der Waals surface area contributed by atoms with Gasteiger partial charge >= 0.3 is 0 Å². The number of carbonyl (C=O) groups excluding carboxylic acids is 1. The third kappa shape index (κ3) is 4.83. The van der Waals surface area contributed by atoms with Gasteiger partial charge in [0.25, 0.3) is 5.91 Å². The van der Waals surface area contributed by atoms with Crippen LogP contribution in [-0.2, 0) is 0 Å². The van der Waals surface area contributed by atoms with Gasteiger partial charge in [0.05, 0.1) is 5.02 Å². The van der Waals surface area contributed by atoms with E-state index >= 15 is 0 Å². The van der Waals surface area contributed by atoms with Crippen molar-refractivity contribution in [1.82, 2.24) is 4.90 Å². The number of aliphatic hydroxyl groups is 1. The molecule has 0 spiro atoms. The molecule has 0 radical (unpaired) electrons. The zero-order chi connectivity index (χ0) is 20.3. The maximum absolute atomic E-state index is 13.3. The maximum atomic E-state index is 13.3. The molecule has 1 saturated heterocycles. The number of amides is 1. The topological polar surface area (TPSA) is 49.8 Å². The van der Waals surface area contributed by atoms with Crippen molar-refractivity contribution in [3.05, 3.63) is 63.9 Å². The summed E-state index contributed by atoms with van der Waals surface area (Å²) in [5, 5.41) is 10.9. The lowest BCUT2D eigenvalue weighted by atomic mass is 9.96. The number of benzene rings is 2. The normalized spacial score (nSPS) is 20.0. The van der Waals surface area contributed by atoms with Crippen molar-refractivity contribution in [3.63, 3.8) is 0 Å². The highest BCUT2D eigenvalue weighted by Crippen LogP contribution is 2.26. The summed E-state index contributed by atoms with van der Waals surface area (Å²) in [5.41, 5.74) is 1.69. The third-order valence-corrected chi connectivity index (χ3v) is 5.65. The number of hydrogen-bond donors (Lipinski definition) is 1. The summed E-state index contributed by atoms with van der Waals surface area (Å²) in [6.45, 7) is 5.17. The molecule has 1 N–H and O–H groups in total. The van der Waals surface area contributed by atoms with Gasteiger partial charge in [-0.3, -0.25) is 4.79 Å². The monoisotopic (exact) mass is 405 g/mol. The molecule has 0 saturated carbocycles. The fourth-order valence-corrected chi connectivity index (χ4v) is 3.54. The molecule has 1 unspecified atom stereocenters. The predicted molar refractivity (Wildman–Crippen MR) is 108 cm³/mol. The summed E-state index contributed by atoms with van der Waals surface area (Å²) in [6.07, 6.45) is 1.62. The lowest BCUT2D eigenvalue weighted by Crippen LogP contribution is -2.38. The molecule has 0 aromatic heterocycles. The fraction of sp³-hybridized carbons (Fsp3) is 0.409. The second-order valence-corrected chi connectivity index (χ2v) is 7.94. The molecular formula is C22H25ClFNO3. The van der Waals surface area contributed by atoms with Crippen molar-refractivity contribution in [1.29, 1.82) is 0 Å². The van der Waals surface area contributed by atoms with E-state index in [1.54, 1.807) is 4.90 Å². The molecule has 3 rings (SSSR count). The average molecular weight is 406 g/mol. The van der Waals surface area contributed by atoms with Crippen LogP contribution >= 0.6 is 11.6 Å². The van der Waals surface area contributed by atoms with Crippen LogP contribution in [0.25, 0.3) is 0 Å². The fourth-order valence-electron chi connectivity index (χ4n) is 3.36. The minimum absolute atomic E-state index is 0.0704. The molecule has 0 aliphatic carbocycles. The van der Waals surface area contributed by atoms with E-state index in [9.17, 15) is 14.3 Å². The van der Waals surface area contributed by atoms with Gasteiger partial charge in [0.2, 0.25) is 0 Å². The Morgan fingerprint density at radius 1 is 1.18 bits per heavy atom. The quantitative estimate of drug-likeness (QED) is 0.812. The number of carbonyl (C=O) groups is 1. The van der Waals surface area contributed by atoms with E-state index in [2.05, 4.69) is 0 Å². The maximum Gasteiger partial charge on any atom is 0.253 e. The second-order valence-electron chi connectivity index (χ2n) is 7.53. The van der Waals surface area contributed by atoms with Gasteiger partial charge < -0.3 is 14.7 Å². The molecular weight excluding hydrogens is 381 g/mol. The molecule has 28 heavy (non-hydrogen) atoms. The van der Waals surface area contributed by atoms with Crippen LogP contribution in [0.5, 0.6) is 5.75 Å². The number of hydrogen-bond acceptors (Lipinski definition) is 3. The highest BCUT2D eigenvalue weighted by molar-refractivity contribution is 6.31. The Morgan fingerprint density at radius 2 is 1.96 bits per heavy atom. The number of likely N-dealkylation sites (tertiary alicyclic amines) is 1. The molecule has 1 aliphatic rings. The predicted octanol–water partition coefficient (Wildman–Crippen LogP) is 4.53. The number of aryl methyl sites for hydroxylation is 2. The molecule has 150 valence electrons. The molecule has 2 aromatic carbocycles. The minimum atomic E-state index is -0.992. The molecule has 2 aromatic rings. The van der Waals surface area contributed by atoms with Crippen molar-refractivity contribution >= 4 is 17.5 Å². The van der Waals surface area contributed by atoms with Gasteiger partial charge in [-0.1, -0.05) is 17.7 Å². The highest BCUT2D eigenvalue weighted by Gasteiger charge is 2.32. The first-order valence-electron chi connectivity index (χ1n) is 9.44. The van der Waals surface area contributed by atoms with Gasteiger partial charge in [-0.25, -0.2) is 4.39 Å². The summed E-state index contributed by atoms with van der Waals surface area (Å²) >= 11 is 5.79. The highest BCUT2D eigenvalue weighted by atomic mass is 35.5. The Bertz CT molecular complexity index is 873. The van der Waals surface area contributed by atoms with Crippen LogP contribution in [-0.4, -0.2) is 41.2 Å². The summed E-state index contributed by atoms with van der Waals surface area (Å²) in [6, 6.07) is 9.83. The standard InChI is InChI=1S/C22H25ClFNO3/c1-15-4-6-18(12-16(15)2)28-14-22(27)8-3-10-25(11-9-22)21(26)17-5-7-20(24)19(23)13-17/h4-7,12-13,27H,3,8-11,14H2,1-2H3. The van der Waals surface area contributed by atoms with Crippen molar-refractivity contribution in [2.24, 2.45) is 0 Å². The Balaban J connectivity index is 1.62. The van der Waals surface area contributed by atoms with E-state index in [1.165, 1.54) is 23.8 Å². The summed E-state index contributed by atoms with van der Waals surface area (Å²) in [7, 11) is 0. The molecule has 4 nitrogen and oxygen atoms in total. The van der Waals surface area contributed by atoms with Gasteiger partial charge in [-0.15, -0.1) is 0 Å². The van der Waals surface area contributed by atoms with E-state index < -0.39 is 11.4 Å². The molecule has 1 atom stereocenters. The van der Waals surface area contributed by atoms with Crippen LogP contribution in [0.15, 0.2) is 36.4 Å². The molecule has 6 heteroatoms. The van der Waals surface area contributed by atoms with Crippen LogP contribution < -0.4 is 4.74 Å². The Morgan fingerprint density at radius 3 is 2.68 bits per heavy atom. The van der Waals surface area contributed by atoms with Crippen LogP contribution in [0, 0.1) is 19.7 Å². The Kier molecular flexibility index (Phi) is 6.26. The number of rotatable bonds is 4. The lowest BCUT2D eigenvalue weighted by Gasteiger charge is -2.27. The summed E-state index contributed by atoms with van der Waals surface area (Å²) in [5.74, 6) is -0.0252. The Hall–Kier alpha value is -2.11. The number of nitrogens with zero attached hydrogens (tertiary/aromatic N) is 1. The average Bonchev–Trinajstić information content (AvgIpc) is 2.87. The van der Waals surface area contributed by atoms with E-state index in [4.69, 9.17) is 16.3 Å². The zero-order valence-electron chi connectivity index (χ0n) is 16.2. The van der Waals surface area contributed by atoms with Crippen molar-refractivity contribution < 1.29 is 19.0 Å². The number of halogens is 2. The summed E-state index contributed by atoms with van der Waals surface area (Å²) in [4.78, 5) is 14.4. The lowest BCUT2D eigenvalue weighted by molar-refractivity contribution is -0.0163. The van der Waals surface area contributed by atoms with Crippen molar-refractivity contribution in [3.8, 4) is 5.75 Å². The molecule has 1 heterocycles. The first kappa shape index (κ1) is 20.6. The molecule has 1 aliphatic heterocycles. The van der Waals surface area contributed by atoms with Crippen molar-refractivity contribution in [2.75, 3.05) is 19.7 Å². The molecule has 1 amide bonds.